The predicted octanol–water partition coefficient (Wildman–Crippen LogP) is 0.850. The summed E-state index contributed by atoms with van der Waals surface area (Å²) in [5.41, 5.74) is 1.58. The van der Waals surface area contributed by atoms with E-state index in [9.17, 15) is 9.90 Å². The molecule has 5 heteroatoms. The Morgan fingerprint density at radius 3 is 2.94 bits per heavy atom. The van der Waals surface area contributed by atoms with E-state index in [2.05, 4.69) is 15.2 Å². The Morgan fingerprint density at radius 1 is 1.61 bits per heavy atom. The first-order chi connectivity index (χ1) is 8.63. The van der Waals surface area contributed by atoms with Crippen molar-refractivity contribution in [1.82, 2.24) is 10.3 Å². The predicted molar refractivity (Wildman–Crippen MR) is 69.3 cm³/mol. The second-order valence-corrected chi connectivity index (χ2v) is 4.53. The van der Waals surface area contributed by atoms with Crippen molar-refractivity contribution in [2.75, 3.05) is 18.0 Å². The van der Waals surface area contributed by atoms with Gasteiger partial charge >= 0.3 is 0 Å². The number of nitrogens with one attached hydrogen (secondary N) is 1. The molecular formula is C13H19N3O2. The first kappa shape index (κ1) is 12.8. The maximum absolute atomic E-state index is 11.8. The van der Waals surface area contributed by atoms with E-state index in [0.717, 1.165) is 18.7 Å². The minimum atomic E-state index is -0.564. The van der Waals surface area contributed by atoms with E-state index < -0.39 is 6.10 Å². The van der Waals surface area contributed by atoms with Gasteiger partial charge in [0.15, 0.2) is 0 Å². The second-order valence-electron chi connectivity index (χ2n) is 4.53. The van der Waals surface area contributed by atoms with Gasteiger partial charge in [0.2, 0.25) is 5.91 Å². The van der Waals surface area contributed by atoms with Gasteiger partial charge in [-0.3, -0.25) is 9.78 Å². The zero-order valence-electron chi connectivity index (χ0n) is 10.8. The summed E-state index contributed by atoms with van der Waals surface area (Å²) in [6.45, 7) is 5.14. The normalized spacial score (nSPS) is 21.6. The van der Waals surface area contributed by atoms with Gasteiger partial charge in [0.05, 0.1) is 23.7 Å². The highest BCUT2D eigenvalue weighted by molar-refractivity contribution is 5.86. The number of aliphatic hydroxyl groups is 1. The lowest BCUT2D eigenvalue weighted by Crippen LogP contribution is -2.55. The summed E-state index contributed by atoms with van der Waals surface area (Å²) < 4.78 is 0. The van der Waals surface area contributed by atoms with Gasteiger partial charge in [-0.05, 0) is 25.5 Å². The molecule has 1 aliphatic heterocycles. The van der Waals surface area contributed by atoms with E-state index in [0.29, 0.717) is 12.2 Å². The maximum Gasteiger partial charge on any atom is 0.242 e. The highest BCUT2D eigenvalue weighted by Gasteiger charge is 2.28. The molecule has 2 atom stereocenters. The summed E-state index contributed by atoms with van der Waals surface area (Å²) in [6.07, 6.45) is 1.93. The van der Waals surface area contributed by atoms with Gasteiger partial charge in [0.25, 0.3) is 0 Å². The monoisotopic (exact) mass is 249 g/mol. The molecular weight excluding hydrogens is 230 g/mol. The smallest absolute Gasteiger partial charge is 0.242 e. The molecule has 18 heavy (non-hydrogen) atoms. The van der Waals surface area contributed by atoms with Crippen molar-refractivity contribution in [2.24, 2.45) is 0 Å². The number of hydrogen-bond acceptors (Lipinski definition) is 4. The molecule has 2 unspecified atom stereocenters. The minimum Gasteiger partial charge on any atom is -0.387 e. The third-order valence-corrected chi connectivity index (χ3v) is 3.25. The standard InChI is InChI=1S/C13H19N3O2/c1-3-12-13(18)14-6-7-16(12)10-4-5-11(9(2)17)15-8-10/h4-5,8-9,12,17H,3,6-7H2,1-2H3,(H,14,18). The molecule has 0 aliphatic carbocycles. The van der Waals surface area contributed by atoms with Crippen LogP contribution in [-0.4, -0.2) is 35.1 Å². The van der Waals surface area contributed by atoms with Crippen LogP contribution in [0.15, 0.2) is 18.3 Å². The Hall–Kier alpha value is -1.62. The molecule has 2 rings (SSSR count). The number of pyridine rings is 1. The molecule has 0 spiro atoms. The number of aromatic nitrogens is 1. The lowest BCUT2D eigenvalue weighted by atomic mass is 10.1. The molecule has 1 amide bonds. The van der Waals surface area contributed by atoms with E-state index in [-0.39, 0.29) is 11.9 Å². The summed E-state index contributed by atoms with van der Waals surface area (Å²) in [6, 6.07) is 3.59. The number of hydrogen-bond donors (Lipinski definition) is 2. The molecule has 1 aliphatic rings. The molecule has 1 aromatic rings. The molecule has 5 nitrogen and oxygen atoms in total. The van der Waals surface area contributed by atoms with Crippen LogP contribution in [-0.2, 0) is 4.79 Å². The lowest BCUT2D eigenvalue weighted by molar-refractivity contribution is -0.123. The Labute approximate surface area is 107 Å². The topological polar surface area (TPSA) is 65.5 Å². The van der Waals surface area contributed by atoms with Crippen molar-refractivity contribution in [3.05, 3.63) is 24.0 Å². The van der Waals surface area contributed by atoms with Crippen molar-refractivity contribution >= 4 is 11.6 Å². The minimum absolute atomic E-state index is 0.0725. The summed E-state index contributed by atoms with van der Waals surface area (Å²) in [5, 5.41) is 12.3. The Balaban J connectivity index is 2.21. The maximum atomic E-state index is 11.8. The van der Waals surface area contributed by atoms with E-state index in [1.54, 1.807) is 19.2 Å². The fourth-order valence-electron chi connectivity index (χ4n) is 2.24. The largest absolute Gasteiger partial charge is 0.387 e. The third kappa shape index (κ3) is 2.46. The van der Waals surface area contributed by atoms with Crippen LogP contribution in [0.4, 0.5) is 5.69 Å². The average molecular weight is 249 g/mol. The zero-order chi connectivity index (χ0) is 13.1. The third-order valence-electron chi connectivity index (χ3n) is 3.25. The number of amides is 1. The van der Waals surface area contributed by atoms with Crippen LogP contribution < -0.4 is 10.2 Å². The highest BCUT2D eigenvalue weighted by Crippen LogP contribution is 2.21. The molecule has 0 radical (unpaired) electrons. The number of rotatable bonds is 3. The number of anilines is 1. The summed E-state index contributed by atoms with van der Waals surface area (Å²) in [7, 11) is 0. The molecule has 1 fully saturated rings. The van der Waals surface area contributed by atoms with Gasteiger partial charge in [-0.15, -0.1) is 0 Å². The van der Waals surface area contributed by atoms with Gasteiger partial charge in [-0.1, -0.05) is 6.92 Å². The van der Waals surface area contributed by atoms with Crippen LogP contribution in [0.1, 0.15) is 32.1 Å². The lowest BCUT2D eigenvalue weighted by Gasteiger charge is -2.36. The summed E-state index contributed by atoms with van der Waals surface area (Å²) >= 11 is 0. The van der Waals surface area contributed by atoms with Crippen molar-refractivity contribution < 1.29 is 9.90 Å². The molecule has 0 saturated carbocycles. The second kappa shape index (κ2) is 5.35. The SMILES string of the molecule is CCC1C(=O)NCCN1c1ccc(C(C)O)nc1. The Morgan fingerprint density at radius 2 is 2.39 bits per heavy atom. The van der Waals surface area contributed by atoms with Crippen molar-refractivity contribution in [1.29, 1.82) is 0 Å². The van der Waals surface area contributed by atoms with E-state index in [4.69, 9.17) is 0 Å². The Kier molecular flexibility index (Phi) is 3.81. The van der Waals surface area contributed by atoms with Crippen LogP contribution in [0.3, 0.4) is 0 Å². The van der Waals surface area contributed by atoms with E-state index >= 15 is 0 Å². The molecule has 0 bridgehead atoms. The van der Waals surface area contributed by atoms with Crippen LogP contribution in [0.2, 0.25) is 0 Å². The molecule has 1 saturated heterocycles. The quantitative estimate of drug-likeness (QED) is 0.833. The van der Waals surface area contributed by atoms with Crippen LogP contribution in [0, 0.1) is 0 Å². The van der Waals surface area contributed by atoms with E-state index in [1.807, 2.05) is 13.0 Å². The van der Waals surface area contributed by atoms with Crippen molar-refractivity contribution in [3.8, 4) is 0 Å². The van der Waals surface area contributed by atoms with Gasteiger partial charge in [-0.25, -0.2) is 0 Å². The summed E-state index contributed by atoms with van der Waals surface area (Å²) in [4.78, 5) is 18.1. The van der Waals surface area contributed by atoms with Gasteiger partial charge in [-0.2, -0.15) is 0 Å². The molecule has 0 aromatic carbocycles. The van der Waals surface area contributed by atoms with E-state index in [1.165, 1.54) is 0 Å². The van der Waals surface area contributed by atoms with Gasteiger partial charge < -0.3 is 15.3 Å². The van der Waals surface area contributed by atoms with Gasteiger partial charge in [0.1, 0.15) is 6.04 Å². The number of piperazine rings is 1. The van der Waals surface area contributed by atoms with Crippen molar-refractivity contribution in [2.45, 2.75) is 32.4 Å². The molecule has 2 N–H and O–H groups in total. The Bertz CT molecular complexity index is 417. The fraction of sp³-hybridized carbons (Fsp3) is 0.538. The average Bonchev–Trinajstić information content (AvgIpc) is 2.38. The van der Waals surface area contributed by atoms with Crippen LogP contribution >= 0.6 is 0 Å². The highest BCUT2D eigenvalue weighted by atomic mass is 16.3. The van der Waals surface area contributed by atoms with Crippen molar-refractivity contribution in [3.63, 3.8) is 0 Å². The zero-order valence-corrected chi connectivity index (χ0v) is 10.8. The fourth-order valence-corrected chi connectivity index (χ4v) is 2.24. The number of carbonyl (C=O) groups excluding carboxylic acids is 1. The molecule has 98 valence electrons. The van der Waals surface area contributed by atoms with Gasteiger partial charge in [0, 0.05) is 13.1 Å². The van der Waals surface area contributed by atoms with Crippen LogP contribution in [0.5, 0.6) is 0 Å². The van der Waals surface area contributed by atoms with Crippen LogP contribution in [0.25, 0.3) is 0 Å². The first-order valence-electron chi connectivity index (χ1n) is 6.32. The first-order valence-corrected chi connectivity index (χ1v) is 6.32. The number of carbonyl (C=O) groups is 1. The summed E-state index contributed by atoms with van der Waals surface area (Å²) in [5.74, 6) is 0.0725. The molecule has 2 heterocycles. The number of aliphatic hydroxyl groups excluding tert-OH is 1. The number of nitrogens with zero attached hydrogens (tertiary/aromatic N) is 2. The molecule has 1 aromatic heterocycles.